The quantitative estimate of drug-likeness (QED) is 0.895. The molecule has 21 heavy (non-hydrogen) atoms. The van der Waals surface area contributed by atoms with Crippen LogP contribution in [0, 0.1) is 19.8 Å². The number of hydrogen-bond donors (Lipinski definition) is 2. The molecule has 0 aliphatic heterocycles. The second-order valence-corrected chi connectivity index (χ2v) is 6.37. The first-order chi connectivity index (χ1) is 9.81. The molecular weight excluding hydrogens is 292 g/mol. The normalized spacial score (nSPS) is 25.6. The highest BCUT2D eigenvalue weighted by atomic mass is 35.5. The number of rotatable bonds is 4. The molecule has 0 radical (unpaired) electrons. The molecular formula is C16H21ClO4. The fourth-order valence-electron chi connectivity index (χ4n) is 2.75. The van der Waals surface area contributed by atoms with Crippen LogP contribution in [0.5, 0.6) is 5.75 Å². The molecule has 0 spiro atoms. The van der Waals surface area contributed by atoms with Crippen LogP contribution in [0.25, 0.3) is 0 Å². The van der Waals surface area contributed by atoms with Gasteiger partial charge in [0.05, 0.1) is 11.5 Å². The number of carboxylic acid groups (broad SMARTS) is 1. The summed E-state index contributed by atoms with van der Waals surface area (Å²) in [5.74, 6) is -0.435. The summed E-state index contributed by atoms with van der Waals surface area (Å²) in [6.45, 7) is 4.00. The summed E-state index contributed by atoms with van der Waals surface area (Å²) in [5, 5.41) is 20.2. The lowest BCUT2D eigenvalue weighted by Crippen LogP contribution is -2.41. The van der Waals surface area contributed by atoms with Crippen molar-refractivity contribution in [1.82, 2.24) is 0 Å². The molecule has 1 saturated carbocycles. The SMILES string of the molecule is Cc1cc(OCC2(O)CCC(C(=O)O)CC2)cc(C)c1Cl. The lowest BCUT2D eigenvalue weighted by molar-refractivity contribution is -0.145. The van der Waals surface area contributed by atoms with Gasteiger partial charge in [0.1, 0.15) is 12.4 Å². The molecule has 1 aromatic carbocycles. The highest BCUT2D eigenvalue weighted by Crippen LogP contribution is 2.33. The van der Waals surface area contributed by atoms with Gasteiger partial charge in [-0.05, 0) is 62.8 Å². The smallest absolute Gasteiger partial charge is 0.306 e. The van der Waals surface area contributed by atoms with Crippen LogP contribution in [0.3, 0.4) is 0 Å². The summed E-state index contributed by atoms with van der Waals surface area (Å²) >= 11 is 6.11. The Hall–Kier alpha value is -1.26. The molecule has 1 aromatic rings. The van der Waals surface area contributed by atoms with Gasteiger partial charge in [-0.15, -0.1) is 0 Å². The standard InChI is InChI=1S/C16H21ClO4/c1-10-7-13(8-11(2)14(10)17)21-9-16(20)5-3-12(4-6-16)15(18)19/h7-8,12,20H,3-6,9H2,1-2H3,(H,18,19). The minimum absolute atomic E-state index is 0.180. The maximum Gasteiger partial charge on any atom is 0.306 e. The van der Waals surface area contributed by atoms with E-state index in [0.29, 0.717) is 31.4 Å². The maximum absolute atomic E-state index is 10.9. The van der Waals surface area contributed by atoms with E-state index in [9.17, 15) is 9.90 Å². The van der Waals surface area contributed by atoms with Crippen molar-refractivity contribution in [3.8, 4) is 5.75 Å². The van der Waals surface area contributed by atoms with E-state index >= 15 is 0 Å². The molecule has 0 aromatic heterocycles. The van der Waals surface area contributed by atoms with Crippen molar-refractivity contribution in [2.24, 2.45) is 5.92 Å². The van der Waals surface area contributed by atoms with E-state index in [1.54, 1.807) is 0 Å². The van der Waals surface area contributed by atoms with Gasteiger partial charge < -0.3 is 14.9 Å². The van der Waals surface area contributed by atoms with E-state index < -0.39 is 11.6 Å². The minimum atomic E-state index is -0.937. The summed E-state index contributed by atoms with van der Waals surface area (Å²) in [5.41, 5.74) is 0.939. The number of carboxylic acids is 1. The van der Waals surface area contributed by atoms with E-state index in [0.717, 1.165) is 16.1 Å². The fourth-order valence-corrected chi connectivity index (χ4v) is 2.86. The Bertz CT molecular complexity index is 510. The van der Waals surface area contributed by atoms with Gasteiger partial charge >= 0.3 is 5.97 Å². The van der Waals surface area contributed by atoms with Crippen LogP contribution in [0.1, 0.15) is 36.8 Å². The van der Waals surface area contributed by atoms with Gasteiger partial charge in [-0.1, -0.05) is 11.6 Å². The highest BCUT2D eigenvalue weighted by molar-refractivity contribution is 6.32. The average molecular weight is 313 g/mol. The first-order valence-electron chi connectivity index (χ1n) is 7.15. The Morgan fingerprint density at radius 3 is 2.33 bits per heavy atom. The number of aliphatic hydroxyl groups is 1. The van der Waals surface area contributed by atoms with Crippen LogP contribution in [-0.2, 0) is 4.79 Å². The van der Waals surface area contributed by atoms with Crippen molar-refractivity contribution in [3.05, 3.63) is 28.3 Å². The maximum atomic E-state index is 10.9. The molecule has 4 nitrogen and oxygen atoms in total. The lowest BCUT2D eigenvalue weighted by atomic mass is 9.79. The van der Waals surface area contributed by atoms with E-state index in [2.05, 4.69) is 0 Å². The molecule has 0 heterocycles. The summed E-state index contributed by atoms with van der Waals surface area (Å²) in [6, 6.07) is 3.70. The third kappa shape index (κ3) is 3.89. The number of aryl methyl sites for hydroxylation is 2. The number of benzene rings is 1. The number of carbonyl (C=O) groups is 1. The molecule has 1 fully saturated rings. The molecule has 1 aliphatic rings. The van der Waals surface area contributed by atoms with Gasteiger partial charge in [0.15, 0.2) is 0 Å². The number of aliphatic carboxylic acids is 1. The zero-order valence-electron chi connectivity index (χ0n) is 12.4. The van der Waals surface area contributed by atoms with Gasteiger partial charge in [-0.3, -0.25) is 4.79 Å². The summed E-state index contributed by atoms with van der Waals surface area (Å²) in [4.78, 5) is 10.9. The van der Waals surface area contributed by atoms with E-state index in [1.807, 2.05) is 26.0 Å². The predicted octanol–water partition coefficient (Wildman–Crippen LogP) is 3.34. The summed E-state index contributed by atoms with van der Waals surface area (Å²) in [6.07, 6.45) is 1.90. The Balaban J connectivity index is 1.95. The summed E-state index contributed by atoms with van der Waals surface area (Å²) < 4.78 is 5.70. The van der Waals surface area contributed by atoms with E-state index in [-0.39, 0.29) is 12.5 Å². The molecule has 0 atom stereocenters. The van der Waals surface area contributed by atoms with Crippen molar-refractivity contribution in [3.63, 3.8) is 0 Å². The first kappa shape index (κ1) is 16.1. The van der Waals surface area contributed by atoms with E-state index in [1.165, 1.54) is 0 Å². The van der Waals surface area contributed by atoms with Crippen molar-refractivity contribution in [2.45, 2.75) is 45.1 Å². The molecule has 5 heteroatoms. The zero-order chi connectivity index (χ0) is 15.6. The summed E-state index contributed by atoms with van der Waals surface area (Å²) in [7, 11) is 0. The largest absolute Gasteiger partial charge is 0.491 e. The van der Waals surface area contributed by atoms with E-state index in [4.69, 9.17) is 21.4 Å². The second kappa shape index (κ2) is 6.24. The average Bonchev–Trinajstić information content (AvgIpc) is 2.43. The lowest BCUT2D eigenvalue weighted by Gasteiger charge is -2.34. The van der Waals surface area contributed by atoms with Crippen LogP contribution < -0.4 is 4.74 Å². The van der Waals surface area contributed by atoms with Crippen molar-refractivity contribution >= 4 is 17.6 Å². The van der Waals surface area contributed by atoms with Crippen LogP contribution in [-0.4, -0.2) is 28.4 Å². The number of halogens is 1. The van der Waals surface area contributed by atoms with Crippen LogP contribution in [0.2, 0.25) is 5.02 Å². The predicted molar refractivity (Wildman–Crippen MR) is 81.0 cm³/mol. The zero-order valence-corrected chi connectivity index (χ0v) is 13.1. The molecule has 116 valence electrons. The molecule has 1 aliphatic carbocycles. The van der Waals surface area contributed by atoms with Crippen molar-refractivity contribution in [2.75, 3.05) is 6.61 Å². The number of hydrogen-bond acceptors (Lipinski definition) is 3. The minimum Gasteiger partial charge on any atom is -0.491 e. The Morgan fingerprint density at radius 1 is 1.33 bits per heavy atom. The van der Waals surface area contributed by atoms with Gasteiger partial charge in [0.2, 0.25) is 0 Å². The van der Waals surface area contributed by atoms with Crippen LogP contribution in [0.4, 0.5) is 0 Å². The van der Waals surface area contributed by atoms with Crippen LogP contribution in [0.15, 0.2) is 12.1 Å². The highest BCUT2D eigenvalue weighted by Gasteiger charge is 2.36. The molecule has 0 unspecified atom stereocenters. The Kier molecular flexibility index (Phi) is 4.79. The Morgan fingerprint density at radius 2 is 1.86 bits per heavy atom. The molecule has 2 N–H and O–H groups in total. The molecule has 2 rings (SSSR count). The topological polar surface area (TPSA) is 66.8 Å². The fraction of sp³-hybridized carbons (Fsp3) is 0.562. The Labute approximate surface area is 129 Å². The molecule has 0 bridgehead atoms. The third-order valence-corrected chi connectivity index (χ3v) is 4.78. The number of ether oxygens (including phenoxy) is 1. The van der Waals surface area contributed by atoms with Crippen LogP contribution >= 0.6 is 11.6 Å². The monoisotopic (exact) mass is 312 g/mol. The van der Waals surface area contributed by atoms with Crippen molar-refractivity contribution < 1.29 is 19.7 Å². The first-order valence-corrected chi connectivity index (χ1v) is 7.53. The van der Waals surface area contributed by atoms with Gasteiger partial charge in [-0.25, -0.2) is 0 Å². The van der Waals surface area contributed by atoms with Gasteiger partial charge in [-0.2, -0.15) is 0 Å². The molecule has 0 amide bonds. The second-order valence-electron chi connectivity index (χ2n) is 6.00. The van der Waals surface area contributed by atoms with Crippen molar-refractivity contribution in [1.29, 1.82) is 0 Å². The van der Waals surface area contributed by atoms with Gasteiger partial charge in [0.25, 0.3) is 0 Å². The van der Waals surface area contributed by atoms with Gasteiger partial charge in [0, 0.05) is 5.02 Å². The third-order valence-electron chi connectivity index (χ3n) is 4.18. The molecule has 0 saturated heterocycles.